The smallest absolute Gasteiger partial charge is 0.305 e. The Balaban J connectivity index is 3.54. The lowest BCUT2D eigenvalue weighted by atomic mass is 10.0. The van der Waals surface area contributed by atoms with Gasteiger partial charge in [-0.15, -0.1) is 0 Å². The van der Waals surface area contributed by atoms with Crippen LogP contribution in [0.5, 0.6) is 0 Å². The molecule has 6 nitrogen and oxygen atoms in total. The van der Waals surface area contributed by atoms with Crippen molar-refractivity contribution in [3.8, 4) is 0 Å². The van der Waals surface area contributed by atoms with E-state index < -0.39 is 12.1 Å². The first-order valence-electron chi connectivity index (χ1n) is 22.9. The summed E-state index contributed by atoms with van der Waals surface area (Å²) >= 11 is 0. The van der Waals surface area contributed by atoms with Gasteiger partial charge in [0, 0.05) is 12.8 Å². The Bertz CT molecular complexity index is 926. The lowest BCUT2D eigenvalue weighted by Crippen LogP contribution is -2.45. The monoisotopic (exact) mass is 758 g/mol. The van der Waals surface area contributed by atoms with Crippen LogP contribution in [0, 0.1) is 0 Å². The number of aliphatic hydroxyl groups is 2. The summed E-state index contributed by atoms with van der Waals surface area (Å²) in [5.74, 6) is -0.102. The molecule has 0 aromatic carbocycles. The molecular weight excluding hydrogens is 671 g/mol. The number of nitrogens with one attached hydrogen (secondary N) is 1. The van der Waals surface area contributed by atoms with Gasteiger partial charge in [0.25, 0.3) is 0 Å². The summed E-state index contributed by atoms with van der Waals surface area (Å²) in [5.41, 5.74) is 0. The minimum atomic E-state index is -0.677. The number of aliphatic hydroxyl groups excluding tert-OH is 2. The molecule has 314 valence electrons. The van der Waals surface area contributed by atoms with Crippen LogP contribution in [-0.4, -0.2) is 47.4 Å². The first kappa shape index (κ1) is 51.8. The summed E-state index contributed by atoms with van der Waals surface area (Å²) in [6, 6.07) is -0.557. The first-order chi connectivity index (χ1) is 26.5. The fourth-order valence-corrected chi connectivity index (χ4v) is 6.55. The highest BCUT2D eigenvalue weighted by atomic mass is 16.5. The van der Waals surface area contributed by atoms with Crippen molar-refractivity contribution in [1.82, 2.24) is 5.32 Å². The molecule has 2 unspecified atom stereocenters. The quantitative estimate of drug-likeness (QED) is 0.0250. The van der Waals surface area contributed by atoms with Crippen molar-refractivity contribution < 1.29 is 24.5 Å². The second-order valence-corrected chi connectivity index (χ2v) is 15.4. The Morgan fingerprint density at radius 3 is 1.59 bits per heavy atom. The number of hydrogen-bond acceptors (Lipinski definition) is 5. The van der Waals surface area contributed by atoms with Crippen LogP contribution in [0.1, 0.15) is 219 Å². The SMILES string of the molecule is CCC/C=C\C/C=C\CCCCCCCC(=O)OCCCCC/C=C\C=C/CCCCCCCCC(=O)NC(CO)C(O)CCCCCCCCCCC. The van der Waals surface area contributed by atoms with E-state index >= 15 is 0 Å². The van der Waals surface area contributed by atoms with Crippen LogP contribution in [0.4, 0.5) is 0 Å². The van der Waals surface area contributed by atoms with Crippen molar-refractivity contribution >= 4 is 11.9 Å². The van der Waals surface area contributed by atoms with Gasteiger partial charge in [-0.1, -0.05) is 172 Å². The van der Waals surface area contributed by atoms with Crippen molar-refractivity contribution in [1.29, 1.82) is 0 Å². The van der Waals surface area contributed by atoms with Crippen LogP contribution in [0.15, 0.2) is 48.6 Å². The van der Waals surface area contributed by atoms with E-state index in [4.69, 9.17) is 4.74 Å². The summed E-state index contributed by atoms with van der Waals surface area (Å²) in [7, 11) is 0. The number of carbonyl (C=O) groups is 2. The predicted octanol–water partition coefficient (Wildman–Crippen LogP) is 13.1. The van der Waals surface area contributed by atoms with Crippen molar-refractivity contribution in [2.45, 2.75) is 231 Å². The van der Waals surface area contributed by atoms with Gasteiger partial charge < -0.3 is 20.3 Å². The molecule has 0 radical (unpaired) electrons. The minimum absolute atomic E-state index is 0.0386. The average Bonchev–Trinajstić information content (AvgIpc) is 3.17. The van der Waals surface area contributed by atoms with Gasteiger partial charge in [-0.3, -0.25) is 9.59 Å². The van der Waals surface area contributed by atoms with E-state index in [9.17, 15) is 19.8 Å². The molecule has 0 aliphatic rings. The van der Waals surface area contributed by atoms with Gasteiger partial charge in [0.15, 0.2) is 0 Å². The Hall–Kier alpha value is -2.18. The van der Waals surface area contributed by atoms with Gasteiger partial charge in [0.1, 0.15) is 0 Å². The van der Waals surface area contributed by atoms with Crippen molar-refractivity contribution in [3.05, 3.63) is 48.6 Å². The second kappa shape index (κ2) is 43.5. The van der Waals surface area contributed by atoms with E-state index in [0.29, 0.717) is 25.9 Å². The molecule has 0 saturated carbocycles. The minimum Gasteiger partial charge on any atom is -0.466 e. The molecule has 0 fully saturated rings. The average molecular weight is 758 g/mol. The van der Waals surface area contributed by atoms with Crippen molar-refractivity contribution in [2.75, 3.05) is 13.2 Å². The van der Waals surface area contributed by atoms with Crippen LogP contribution in [0.2, 0.25) is 0 Å². The highest BCUT2D eigenvalue weighted by molar-refractivity contribution is 5.76. The molecule has 3 N–H and O–H groups in total. The number of esters is 1. The van der Waals surface area contributed by atoms with Crippen LogP contribution in [-0.2, 0) is 14.3 Å². The Morgan fingerprint density at radius 2 is 1.02 bits per heavy atom. The third kappa shape index (κ3) is 39.5. The van der Waals surface area contributed by atoms with Gasteiger partial charge in [0.2, 0.25) is 5.91 Å². The van der Waals surface area contributed by atoms with E-state index in [1.54, 1.807) is 0 Å². The number of allylic oxidation sites excluding steroid dienone is 8. The lowest BCUT2D eigenvalue weighted by molar-refractivity contribution is -0.143. The largest absolute Gasteiger partial charge is 0.466 e. The van der Waals surface area contributed by atoms with E-state index in [0.717, 1.165) is 89.9 Å². The summed E-state index contributed by atoms with van der Waals surface area (Å²) in [4.78, 5) is 24.3. The summed E-state index contributed by atoms with van der Waals surface area (Å²) < 4.78 is 5.41. The van der Waals surface area contributed by atoms with Gasteiger partial charge in [-0.25, -0.2) is 0 Å². The van der Waals surface area contributed by atoms with Gasteiger partial charge in [-0.2, -0.15) is 0 Å². The number of amides is 1. The number of ether oxygens (including phenoxy) is 1. The van der Waals surface area contributed by atoms with Gasteiger partial charge in [-0.05, 0) is 83.5 Å². The summed E-state index contributed by atoms with van der Waals surface area (Å²) in [5, 5.41) is 23.0. The molecule has 0 saturated heterocycles. The maximum atomic E-state index is 12.4. The Morgan fingerprint density at radius 1 is 0.537 bits per heavy atom. The molecule has 0 aromatic heterocycles. The van der Waals surface area contributed by atoms with Crippen LogP contribution < -0.4 is 5.32 Å². The highest BCUT2D eigenvalue weighted by Gasteiger charge is 2.20. The Labute approximate surface area is 334 Å². The lowest BCUT2D eigenvalue weighted by Gasteiger charge is -2.22. The van der Waals surface area contributed by atoms with E-state index in [2.05, 4.69) is 67.8 Å². The molecule has 0 heterocycles. The maximum absolute atomic E-state index is 12.4. The predicted molar refractivity (Wildman–Crippen MR) is 232 cm³/mol. The fourth-order valence-electron chi connectivity index (χ4n) is 6.55. The van der Waals surface area contributed by atoms with Crippen molar-refractivity contribution in [2.24, 2.45) is 0 Å². The molecule has 0 rings (SSSR count). The zero-order valence-electron chi connectivity index (χ0n) is 35.4. The van der Waals surface area contributed by atoms with E-state index in [1.807, 2.05) is 0 Å². The second-order valence-electron chi connectivity index (χ2n) is 15.4. The van der Waals surface area contributed by atoms with Crippen LogP contribution in [0.25, 0.3) is 0 Å². The summed E-state index contributed by atoms with van der Waals surface area (Å²) in [6.45, 7) is 4.78. The molecule has 0 aromatic rings. The molecular formula is C48H87NO5. The van der Waals surface area contributed by atoms with Gasteiger partial charge in [0.05, 0.1) is 25.4 Å². The standard InChI is InChI=1S/C48H87NO5/c1-3-5-7-9-11-13-14-18-22-26-30-34-38-42-48(53)54-43-39-35-31-27-23-20-17-15-16-19-21-25-29-33-37-41-47(52)49-45(44-50)46(51)40-36-32-28-24-12-10-8-6-4-2/h7,9,13-15,17,20,23,45-46,50-51H,3-6,8,10-12,16,18-19,21-22,24-44H2,1-2H3,(H,49,52)/b9-7-,14-13-,17-15-,23-20-. The number of rotatable bonds is 41. The zero-order chi connectivity index (χ0) is 39.4. The molecule has 2 atom stereocenters. The first-order valence-corrected chi connectivity index (χ1v) is 22.9. The zero-order valence-corrected chi connectivity index (χ0v) is 35.4. The van der Waals surface area contributed by atoms with Gasteiger partial charge >= 0.3 is 5.97 Å². The fraction of sp³-hybridized carbons (Fsp3) is 0.792. The summed E-state index contributed by atoms with van der Waals surface area (Å²) in [6.07, 6.45) is 52.2. The van der Waals surface area contributed by atoms with E-state index in [1.165, 1.54) is 96.3 Å². The third-order valence-electron chi connectivity index (χ3n) is 10.1. The molecule has 54 heavy (non-hydrogen) atoms. The molecule has 0 aliphatic carbocycles. The number of carbonyl (C=O) groups excluding carboxylic acids is 2. The number of unbranched alkanes of at least 4 members (excludes halogenated alkanes) is 23. The normalized spacial score (nSPS) is 13.2. The molecule has 0 spiro atoms. The molecule has 6 heteroatoms. The third-order valence-corrected chi connectivity index (χ3v) is 10.1. The van der Waals surface area contributed by atoms with Crippen LogP contribution in [0.3, 0.4) is 0 Å². The molecule has 0 aliphatic heterocycles. The highest BCUT2D eigenvalue weighted by Crippen LogP contribution is 2.14. The molecule has 1 amide bonds. The topological polar surface area (TPSA) is 95.9 Å². The molecule has 0 bridgehead atoms. The maximum Gasteiger partial charge on any atom is 0.305 e. The number of hydrogen-bond donors (Lipinski definition) is 3. The Kier molecular flexibility index (Phi) is 41.8. The van der Waals surface area contributed by atoms with Crippen LogP contribution >= 0.6 is 0 Å². The van der Waals surface area contributed by atoms with E-state index in [-0.39, 0.29) is 18.5 Å². The van der Waals surface area contributed by atoms with Crippen molar-refractivity contribution in [3.63, 3.8) is 0 Å².